The summed E-state index contributed by atoms with van der Waals surface area (Å²) in [5.41, 5.74) is 1.75. The van der Waals surface area contributed by atoms with E-state index in [4.69, 9.17) is 16.7 Å². The minimum atomic E-state index is -1.05. The quantitative estimate of drug-likeness (QED) is 0.865. The second-order valence-electron chi connectivity index (χ2n) is 5.49. The molecule has 1 atom stereocenters. The van der Waals surface area contributed by atoms with Gasteiger partial charge in [-0.1, -0.05) is 30.7 Å². The lowest BCUT2D eigenvalue weighted by molar-refractivity contribution is -0.138. The number of aromatic nitrogens is 1. The van der Waals surface area contributed by atoms with Crippen molar-refractivity contribution in [3.05, 3.63) is 53.2 Å². The molecule has 2 aromatic rings. The van der Waals surface area contributed by atoms with Gasteiger partial charge in [0, 0.05) is 17.8 Å². The summed E-state index contributed by atoms with van der Waals surface area (Å²) in [6.45, 7) is 3.36. The Morgan fingerprint density at radius 1 is 1.29 bits per heavy atom. The Labute approximate surface area is 145 Å². The Hall–Kier alpha value is -2.40. The van der Waals surface area contributed by atoms with E-state index in [2.05, 4.69) is 4.98 Å². The number of halogens is 1. The number of aliphatic carboxylic acids is 1. The van der Waals surface area contributed by atoms with Gasteiger partial charge in [0.15, 0.2) is 0 Å². The standard InChI is InChI=1S/C18H19ClN2O3/c1-3-12(2)21(11-17(22)23)18(24)14-10-13(7-8-15(14)19)16-6-4-5-9-20-16/h4-10,12H,3,11H2,1-2H3,(H,22,23). The van der Waals surface area contributed by atoms with Crippen LogP contribution >= 0.6 is 11.6 Å². The van der Waals surface area contributed by atoms with Crippen LogP contribution in [0.2, 0.25) is 5.02 Å². The van der Waals surface area contributed by atoms with E-state index >= 15 is 0 Å². The molecule has 1 unspecified atom stereocenters. The minimum absolute atomic E-state index is 0.205. The highest BCUT2D eigenvalue weighted by Gasteiger charge is 2.25. The predicted octanol–water partition coefficient (Wildman–Crippen LogP) is 3.73. The van der Waals surface area contributed by atoms with Crippen LogP contribution < -0.4 is 0 Å². The Morgan fingerprint density at radius 2 is 2.04 bits per heavy atom. The summed E-state index contributed by atoms with van der Waals surface area (Å²) in [7, 11) is 0. The van der Waals surface area contributed by atoms with E-state index < -0.39 is 11.9 Å². The minimum Gasteiger partial charge on any atom is -0.480 e. The summed E-state index contributed by atoms with van der Waals surface area (Å²) < 4.78 is 0. The largest absolute Gasteiger partial charge is 0.480 e. The second-order valence-corrected chi connectivity index (χ2v) is 5.90. The number of rotatable bonds is 6. The number of hydrogen-bond acceptors (Lipinski definition) is 3. The number of hydrogen-bond donors (Lipinski definition) is 1. The molecular weight excluding hydrogens is 328 g/mol. The number of carboxylic acid groups (broad SMARTS) is 1. The summed E-state index contributed by atoms with van der Waals surface area (Å²) in [5, 5.41) is 9.38. The maximum absolute atomic E-state index is 12.8. The first-order valence-corrected chi connectivity index (χ1v) is 8.05. The van der Waals surface area contributed by atoms with Crippen molar-refractivity contribution >= 4 is 23.5 Å². The van der Waals surface area contributed by atoms with E-state index in [1.807, 2.05) is 32.0 Å². The van der Waals surface area contributed by atoms with Crippen molar-refractivity contribution in [3.63, 3.8) is 0 Å². The smallest absolute Gasteiger partial charge is 0.323 e. The molecule has 5 nitrogen and oxygen atoms in total. The number of carboxylic acids is 1. The highest BCUT2D eigenvalue weighted by atomic mass is 35.5. The summed E-state index contributed by atoms with van der Waals surface area (Å²) in [6, 6.07) is 10.4. The van der Waals surface area contributed by atoms with Gasteiger partial charge in [0.2, 0.25) is 0 Å². The summed E-state index contributed by atoms with van der Waals surface area (Å²) in [5.74, 6) is -1.45. The first kappa shape index (κ1) is 17.9. The van der Waals surface area contributed by atoms with Crippen molar-refractivity contribution in [3.8, 4) is 11.3 Å². The normalized spacial score (nSPS) is 11.8. The zero-order chi connectivity index (χ0) is 17.7. The van der Waals surface area contributed by atoms with Gasteiger partial charge in [-0.2, -0.15) is 0 Å². The maximum atomic E-state index is 12.8. The molecule has 0 aliphatic heterocycles. The average Bonchev–Trinajstić information content (AvgIpc) is 2.59. The molecule has 6 heteroatoms. The van der Waals surface area contributed by atoms with Crippen molar-refractivity contribution in [2.75, 3.05) is 6.54 Å². The highest BCUT2D eigenvalue weighted by molar-refractivity contribution is 6.34. The maximum Gasteiger partial charge on any atom is 0.323 e. The zero-order valence-electron chi connectivity index (χ0n) is 13.6. The molecule has 0 aliphatic carbocycles. The third-order valence-electron chi connectivity index (χ3n) is 3.85. The fourth-order valence-electron chi connectivity index (χ4n) is 2.33. The van der Waals surface area contributed by atoms with Gasteiger partial charge in [-0.3, -0.25) is 14.6 Å². The first-order chi connectivity index (χ1) is 11.4. The lowest BCUT2D eigenvalue weighted by Gasteiger charge is -2.27. The molecule has 1 aromatic heterocycles. The topological polar surface area (TPSA) is 70.5 Å². The fourth-order valence-corrected chi connectivity index (χ4v) is 2.53. The van der Waals surface area contributed by atoms with Crippen molar-refractivity contribution in [1.82, 2.24) is 9.88 Å². The van der Waals surface area contributed by atoms with Crippen LogP contribution in [-0.2, 0) is 4.79 Å². The monoisotopic (exact) mass is 346 g/mol. The van der Waals surface area contributed by atoms with Crippen molar-refractivity contribution in [2.45, 2.75) is 26.3 Å². The number of pyridine rings is 1. The van der Waals surface area contributed by atoms with Crippen LogP contribution in [-0.4, -0.2) is 39.5 Å². The SMILES string of the molecule is CCC(C)N(CC(=O)O)C(=O)c1cc(-c2ccccn2)ccc1Cl. The molecule has 126 valence electrons. The molecule has 1 aromatic carbocycles. The average molecular weight is 347 g/mol. The second kappa shape index (κ2) is 7.93. The summed E-state index contributed by atoms with van der Waals surface area (Å²) in [4.78, 5) is 29.5. The van der Waals surface area contributed by atoms with Gasteiger partial charge < -0.3 is 10.0 Å². The van der Waals surface area contributed by atoms with Gasteiger partial charge in [0.1, 0.15) is 6.54 Å². The molecule has 0 bridgehead atoms. The third-order valence-corrected chi connectivity index (χ3v) is 4.18. The predicted molar refractivity (Wildman–Crippen MR) is 93.1 cm³/mol. The first-order valence-electron chi connectivity index (χ1n) is 7.67. The van der Waals surface area contributed by atoms with Crippen LogP contribution in [0.25, 0.3) is 11.3 Å². The number of carbonyl (C=O) groups is 2. The van der Waals surface area contributed by atoms with Crippen LogP contribution in [0.3, 0.4) is 0 Å². The van der Waals surface area contributed by atoms with E-state index in [1.54, 1.807) is 24.4 Å². The van der Waals surface area contributed by atoms with Crippen LogP contribution in [0.15, 0.2) is 42.6 Å². The number of amides is 1. The van der Waals surface area contributed by atoms with Crippen molar-refractivity contribution in [1.29, 1.82) is 0 Å². The summed E-state index contributed by atoms with van der Waals surface area (Å²) in [6.07, 6.45) is 2.32. The molecule has 0 aliphatic rings. The molecule has 0 saturated carbocycles. The molecule has 2 rings (SSSR count). The Morgan fingerprint density at radius 3 is 2.62 bits per heavy atom. The number of nitrogens with zero attached hydrogens (tertiary/aromatic N) is 2. The number of carbonyl (C=O) groups excluding carboxylic acids is 1. The van der Waals surface area contributed by atoms with E-state index in [-0.39, 0.29) is 18.2 Å². The Kier molecular flexibility index (Phi) is 5.93. The molecule has 0 spiro atoms. The van der Waals surface area contributed by atoms with E-state index in [0.29, 0.717) is 11.4 Å². The van der Waals surface area contributed by atoms with E-state index in [1.165, 1.54) is 4.90 Å². The van der Waals surface area contributed by atoms with E-state index in [0.717, 1.165) is 11.3 Å². The third kappa shape index (κ3) is 4.11. The Balaban J connectivity index is 2.42. The molecule has 0 fully saturated rings. The lowest BCUT2D eigenvalue weighted by Crippen LogP contribution is -2.42. The van der Waals surface area contributed by atoms with Gasteiger partial charge in [-0.05, 0) is 37.6 Å². The van der Waals surface area contributed by atoms with Crippen LogP contribution in [0, 0.1) is 0 Å². The fraction of sp³-hybridized carbons (Fsp3) is 0.278. The van der Waals surface area contributed by atoms with Crippen LogP contribution in [0.4, 0.5) is 0 Å². The molecule has 1 heterocycles. The lowest BCUT2D eigenvalue weighted by atomic mass is 10.1. The van der Waals surface area contributed by atoms with Gasteiger partial charge in [-0.15, -0.1) is 0 Å². The molecule has 0 radical (unpaired) electrons. The van der Waals surface area contributed by atoms with Crippen molar-refractivity contribution in [2.24, 2.45) is 0 Å². The highest BCUT2D eigenvalue weighted by Crippen LogP contribution is 2.25. The molecule has 1 amide bonds. The zero-order valence-corrected chi connectivity index (χ0v) is 14.3. The molecule has 24 heavy (non-hydrogen) atoms. The van der Waals surface area contributed by atoms with Gasteiger partial charge in [0.25, 0.3) is 5.91 Å². The molecular formula is C18H19ClN2O3. The van der Waals surface area contributed by atoms with Crippen LogP contribution in [0.1, 0.15) is 30.6 Å². The van der Waals surface area contributed by atoms with Gasteiger partial charge >= 0.3 is 5.97 Å². The molecule has 1 N–H and O–H groups in total. The van der Waals surface area contributed by atoms with Gasteiger partial charge in [-0.25, -0.2) is 0 Å². The van der Waals surface area contributed by atoms with Crippen molar-refractivity contribution < 1.29 is 14.7 Å². The van der Waals surface area contributed by atoms with Gasteiger partial charge in [0.05, 0.1) is 16.3 Å². The molecule has 0 saturated heterocycles. The Bertz CT molecular complexity index is 734. The number of benzene rings is 1. The van der Waals surface area contributed by atoms with Crippen LogP contribution in [0.5, 0.6) is 0 Å². The van der Waals surface area contributed by atoms with E-state index in [9.17, 15) is 9.59 Å². The summed E-state index contributed by atoms with van der Waals surface area (Å²) >= 11 is 6.19.